The van der Waals surface area contributed by atoms with E-state index in [2.05, 4.69) is 38.6 Å². The Balaban J connectivity index is 1.85. The molecule has 1 saturated heterocycles. The first-order valence-electron chi connectivity index (χ1n) is 5.77. The van der Waals surface area contributed by atoms with Crippen LogP contribution in [-0.2, 0) is 6.54 Å². The van der Waals surface area contributed by atoms with Crippen LogP contribution in [0.4, 0.5) is 0 Å². The van der Waals surface area contributed by atoms with Crippen LogP contribution in [-0.4, -0.2) is 41.3 Å². The van der Waals surface area contributed by atoms with E-state index in [0.717, 1.165) is 32.7 Å². The average Bonchev–Trinajstić information content (AvgIpc) is 2.80. The maximum absolute atomic E-state index is 4.10. The lowest BCUT2D eigenvalue weighted by atomic mass is 10.1. The summed E-state index contributed by atoms with van der Waals surface area (Å²) in [6.45, 7) is 5.47. The van der Waals surface area contributed by atoms with Crippen molar-refractivity contribution in [2.24, 2.45) is 0 Å². The molecular formula is C12H16N4. The second-order valence-electron chi connectivity index (χ2n) is 4.28. The molecule has 2 aromatic rings. The van der Waals surface area contributed by atoms with Gasteiger partial charge in [-0.25, -0.2) is 0 Å². The van der Waals surface area contributed by atoms with Crippen molar-refractivity contribution in [1.82, 2.24) is 20.4 Å². The largest absolute Gasteiger partial charge is 0.314 e. The van der Waals surface area contributed by atoms with E-state index in [0.29, 0.717) is 0 Å². The number of benzene rings is 1. The topological polar surface area (TPSA) is 44.0 Å². The monoisotopic (exact) mass is 216 g/mol. The minimum atomic E-state index is 1.02. The highest BCUT2D eigenvalue weighted by Crippen LogP contribution is 2.17. The van der Waals surface area contributed by atoms with E-state index in [4.69, 9.17) is 0 Å². The fraction of sp³-hybridized carbons (Fsp3) is 0.417. The minimum Gasteiger partial charge on any atom is -0.314 e. The van der Waals surface area contributed by atoms with Gasteiger partial charge in [-0.15, -0.1) is 0 Å². The van der Waals surface area contributed by atoms with Crippen LogP contribution in [0, 0.1) is 0 Å². The molecule has 1 aliphatic rings. The number of para-hydroxylation sites is 1. The SMILES string of the molecule is c1cc(CN2CCNCC2)c2[nH]ncc2c1. The highest BCUT2D eigenvalue weighted by Gasteiger charge is 2.11. The normalized spacial score (nSPS) is 18.0. The standard InChI is InChI=1S/C12H16N4/c1-2-10-8-14-15-12(10)11(3-1)9-16-6-4-13-5-7-16/h1-3,8,13H,4-7,9H2,(H,14,15). The first-order valence-corrected chi connectivity index (χ1v) is 5.77. The quantitative estimate of drug-likeness (QED) is 0.786. The molecule has 2 N–H and O–H groups in total. The van der Waals surface area contributed by atoms with Crippen LogP contribution >= 0.6 is 0 Å². The second kappa shape index (κ2) is 4.23. The predicted octanol–water partition coefficient (Wildman–Crippen LogP) is 0.968. The van der Waals surface area contributed by atoms with Gasteiger partial charge in [0, 0.05) is 38.1 Å². The van der Waals surface area contributed by atoms with Crippen molar-refractivity contribution in [1.29, 1.82) is 0 Å². The Labute approximate surface area is 94.6 Å². The zero-order valence-electron chi connectivity index (χ0n) is 9.24. The molecule has 0 bridgehead atoms. The van der Waals surface area contributed by atoms with Crippen LogP contribution in [0.1, 0.15) is 5.56 Å². The molecule has 4 nitrogen and oxygen atoms in total. The molecule has 84 valence electrons. The summed E-state index contributed by atoms with van der Waals surface area (Å²) < 4.78 is 0. The molecule has 0 atom stereocenters. The molecule has 0 radical (unpaired) electrons. The number of aromatic amines is 1. The van der Waals surface area contributed by atoms with Gasteiger partial charge in [-0.1, -0.05) is 18.2 Å². The molecule has 1 fully saturated rings. The van der Waals surface area contributed by atoms with Gasteiger partial charge in [0.15, 0.2) is 0 Å². The Morgan fingerprint density at radius 1 is 1.25 bits per heavy atom. The fourth-order valence-electron chi connectivity index (χ4n) is 2.27. The molecule has 0 amide bonds. The molecule has 4 heteroatoms. The van der Waals surface area contributed by atoms with E-state index in [9.17, 15) is 0 Å². The maximum Gasteiger partial charge on any atom is 0.0695 e. The highest BCUT2D eigenvalue weighted by atomic mass is 15.2. The summed E-state index contributed by atoms with van der Waals surface area (Å²) in [6.07, 6.45) is 1.89. The van der Waals surface area contributed by atoms with Crippen LogP contribution in [0.15, 0.2) is 24.4 Å². The van der Waals surface area contributed by atoms with Crippen molar-refractivity contribution in [3.63, 3.8) is 0 Å². The van der Waals surface area contributed by atoms with E-state index in [1.165, 1.54) is 16.5 Å². The molecule has 0 aliphatic carbocycles. The third kappa shape index (κ3) is 1.81. The van der Waals surface area contributed by atoms with Gasteiger partial charge < -0.3 is 5.32 Å². The lowest BCUT2D eigenvalue weighted by Gasteiger charge is -2.27. The van der Waals surface area contributed by atoms with Gasteiger partial charge in [0.05, 0.1) is 11.7 Å². The van der Waals surface area contributed by atoms with Crippen LogP contribution in [0.2, 0.25) is 0 Å². The number of nitrogens with one attached hydrogen (secondary N) is 2. The fourth-order valence-corrected chi connectivity index (χ4v) is 2.27. The van der Waals surface area contributed by atoms with E-state index in [-0.39, 0.29) is 0 Å². The van der Waals surface area contributed by atoms with Crippen molar-refractivity contribution in [3.05, 3.63) is 30.0 Å². The minimum absolute atomic E-state index is 1.02. The van der Waals surface area contributed by atoms with Crippen LogP contribution in [0.25, 0.3) is 10.9 Å². The Kier molecular flexibility index (Phi) is 2.60. The Morgan fingerprint density at radius 2 is 2.12 bits per heavy atom. The summed E-state index contributed by atoms with van der Waals surface area (Å²) in [5, 5.41) is 11.8. The Morgan fingerprint density at radius 3 is 3.00 bits per heavy atom. The molecule has 0 unspecified atom stereocenters. The zero-order chi connectivity index (χ0) is 10.8. The molecule has 1 aromatic heterocycles. The van der Waals surface area contributed by atoms with E-state index in [1.807, 2.05) is 6.20 Å². The highest BCUT2D eigenvalue weighted by molar-refractivity contribution is 5.81. The third-order valence-corrected chi connectivity index (χ3v) is 3.17. The number of fused-ring (bicyclic) bond motifs is 1. The molecule has 0 saturated carbocycles. The molecule has 0 spiro atoms. The summed E-state index contributed by atoms with van der Waals surface area (Å²) in [7, 11) is 0. The lowest BCUT2D eigenvalue weighted by molar-refractivity contribution is 0.234. The molecule has 1 aromatic carbocycles. The molecule has 1 aliphatic heterocycles. The maximum atomic E-state index is 4.10. The van der Waals surface area contributed by atoms with Gasteiger partial charge in [-0.05, 0) is 5.56 Å². The van der Waals surface area contributed by atoms with Crippen molar-refractivity contribution in [2.45, 2.75) is 6.54 Å². The van der Waals surface area contributed by atoms with Gasteiger partial charge in [-0.2, -0.15) is 5.10 Å². The Bertz CT molecular complexity index is 471. The summed E-state index contributed by atoms with van der Waals surface area (Å²) >= 11 is 0. The number of rotatable bonds is 2. The summed E-state index contributed by atoms with van der Waals surface area (Å²) in [4.78, 5) is 2.48. The number of H-pyrrole nitrogens is 1. The molecule has 3 rings (SSSR count). The van der Waals surface area contributed by atoms with Crippen LogP contribution in [0.5, 0.6) is 0 Å². The second-order valence-corrected chi connectivity index (χ2v) is 4.28. The summed E-state index contributed by atoms with van der Waals surface area (Å²) in [5.41, 5.74) is 2.53. The molecular weight excluding hydrogens is 200 g/mol. The van der Waals surface area contributed by atoms with E-state index >= 15 is 0 Å². The van der Waals surface area contributed by atoms with Crippen molar-refractivity contribution in [3.8, 4) is 0 Å². The average molecular weight is 216 g/mol. The summed E-state index contributed by atoms with van der Waals surface area (Å²) in [6, 6.07) is 6.39. The number of piperazine rings is 1. The van der Waals surface area contributed by atoms with Crippen molar-refractivity contribution in [2.75, 3.05) is 26.2 Å². The molecule has 2 heterocycles. The summed E-state index contributed by atoms with van der Waals surface area (Å²) in [5.74, 6) is 0. The predicted molar refractivity (Wildman–Crippen MR) is 64.2 cm³/mol. The smallest absolute Gasteiger partial charge is 0.0695 e. The number of nitrogens with zero attached hydrogens (tertiary/aromatic N) is 2. The van der Waals surface area contributed by atoms with E-state index < -0.39 is 0 Å². The number of aromatic nitrogens is 2. The van der Waals surface area contributed by atoms with Gasteiger partial charge in [0.1, 0.15) is 0 Å². The van der Waals surface area contributed by atoms with Crippen LogP contribution < -0.4 is 5.32 Å². The van der Waals surface area contributed by atoms with Gasteiger partial charge in [0.25, 0.3) is 0 Å². The van der Waals surface area contributed by atoms with Crippen molar-refractivity contribution >= 4 is 10.9 Å². The number of hydrogen-bond donors (Lipinski definition) is 2. The lowest BCUT2D eigenvalue weighted by Crippen LogP contribution is -2.42. The number of hydrogen-bond acceptors (Lipinski definition) is 3. The first-order chi connectivity index (χ1) is 7.93. The van der Waals surface area contributed by atoms with Gasteiger partial charge in [0.2, 0.25) is 0 Å². The molecule has 16 heavy (non-hydrogen) atoms. The van der Waals surface area contributed by atoms with Crippen molar-refractivity contribution < 1.29 is 0 Å². The van der Waals surface area contributed by atoms with Gasteiger partial charge in [-0.3, -0.25) is 10.00 Å². The first kappa shape index (κ1) is 9.81. The third-order valence-electron chi connectivity index (χ3n) is 3.17. The van der Waals surface area contributed by atoms with Crippen LogP contribution in [0.3, 0.4) is 0 Å². The van der Waals surface area contributed by atoms with E-state index in [1.54, 1.807) is 0 Å². The van der Waals surface area contributed by atoms with Gasteiger partial charge >= 0.3 is 0 Å². The Hall–Kier alpha value is -1.39. The zero-order valence-corrected chi connectivity index (χ0v) is 9.24.